The molecule has 1 aromatic heterocycles. The number of para-hydroxylation sites is 1. The second-order valence-corrected chi connectivity index (χ2v) is 5.45. The molecule has 21 heavy (non-hydrogen) atoms. The number of carbonyl (C=O) groups is 1. The summed E-state index contributed by atoms with van der Waals surface area (Å²) in [5, 5.41) is 1.36. The molecule has 0 saturated heterocycles. The van der Waals surface area contributed by atoms with E-state index < -0.39 is 0 Å². The van der Waals surface area contributed by atoms with Gasteiger partial charge in [-0.2, -0.15) is 0 Å². The van der Waals surface area contributed by atoms with E-state index in [9.17, 15) is 4.79 Å². The fraction of sp³-hybridized carbons (Fsp3) is 0.167. The highest BCUT2D eigenvalue weighted by Gasteiger charge is 2.15. The van der Waals surface area contributed by atoms with E-state index in [0.29, 0.717) is 21.9 Å². The maximum absolute atomic E-state index is 12.5. The second-order valence-electron chi connectivity index (χ2n) is 5.04. The lowest BCUT2D eigenvalue weighted by Gasteiger charge is -2.01. The molecule has 0 spiro atoms. The van der Waals surface area contributed by atoms with Gasteiger partial charge in [-0.1, -0.05) is 61.3 Å². The molecule has 0 aliphatic carbocycles. The van der Waals surface area contributed by atoms with Crippen LogP contribution in [0.1, 0.15) is 35.0 Å². The van der Waals surface area contributed by atoms with E-state index in [-0.39, 0.29) is 5.78 Å². The molecule has 0 radical (unpaired) electrons. The van der Waals surface area contributed by atoms with Crippen LogP contribution < -0.4 is 0 Å². The van der Waals surface area contributed by atoms with Crippen molar-refractivity contribution in [3.05, 3.63) is 70.4 Å². The zero-order valence-electron chi connectivity index (χ0n) is 11.7. The molecule has 3 aromatic rings. The SMILES string of the molecule is CCCc1ccc(C(=O)c2cc3cccc(Cl)c3o2)cc1. The quantitative estimate of drug-likeness (QED) is 0.614. The first-order chi connectivity index (χ1) is 10.2. The first-order valence-corrected chi connectivity index (χ1v) is 7.38. The summed E-state index contributed by atoms with van der Waals surface area (Å²) >= 11 is 6.07. The van der Waals surface area contributed by atoms with Gasteiger partial charge in [-0.15, -0.1) is 0 Å². The molecule has 0 saturated carbocycles. The maximum atomic E-state index is 12.5. The van der Waals surface area contributed by atoms with E-state index >= 15 is 0 Å². The predicted octanol–water partition coefficient (Wildman–Crippen LogP) is 5.27. The monoisotopic (exact) mass is 298 g/mol. The minimum Gasteiger partial charge on any atom is -0.451 e. The van der Waals surface area contributed by atoms with E-state index in [1.807, 2.05) is 36.4 Å². The number of fused-ring (bicyclic) bond motifs is 1. The number of furan rings is 1. The van der Waals surface area contributed by atoms with E-state index in [4.69, 9.17) is 16.0 Å². The van der Waals surface area contributed by atoms with Crippen molar-refractivity contribution in [3.8, 4) is 0 Å². The summed E-state index contributed by atoms with van der Waals surface area (Å²) in [5.41, 5.74) is 2.43. The van der Waals surface area contributed by atoms with Gasteiger partial charge in [0.1, 0.15) is 0 Å². The molecule has 1 heterocycles. The first-order valence-electron chi connectivity index (χ1n) is 7.00. The normalized spacial score (nSPS) is 11.0. The van der Waals surface area contributed by atoms with E-state index in [1.165, 1.54) is 5.56 Å². The minimum atomic E-state index is -0.120. The van der Waals surface area contributed by atoms with Crippen LogP contribution in [0, 0.1) is 0 Å². The molecule has 0 N–H and O–H groups in total. The molecule has 3 rings (SSSR count). The Bertz CT molecular complexity index is 785. The lowest BCUT2D eigenvalue weighted by atomic mass is 10.0. The molecule has 2 aromatic carbocycles. The third-order valence-electron chi connectivity index (χ3n) is 3.47. The lowest BCUT2D eigenvalue weighted by molar-refractivity contribution is 0.101. The van der Waals surface area contributed by atoms with Crippen LogP contribution in [0.3, 0.4) is 0 Å². The van der Waals surface area contributed by atoms with Gasteiger partial charge < -0.3 is 4.42 Å². The van der Waals surface area contributed by atoms with Crippen molar-refractivity contribution in [1.29, 1.82) is 0 Å². The minimum absolute atomic E-state index is 0.120. The summed E-state index contributed by atoms with van der Waals surface area (Å²) in [6.07, 6.45) is 2.12. The number of halogens is 1. The molecule has 0 bridgehead atoms. The molecular formula is C18H15ClO2. The predicted molar refractivity (Wildman–Crippen MR) is 85.1 cm³/mol. The second kappa shape index (κ2) is 5.74. The number of aryl methyl sites for hydroxylation is 1. The summed E-state index contributed by atoms with van der Waals surface area (Å²) < 4.78 is 5.61. The van der Waals surface area contributed by atoms with Crippen LogP contribution in [0.15, 0.2) is 52.9 Å². The van der Waals surface area contributed by atoms with Crippen molar-refractivity contribution in [2.45, 2.75) is 19.8 Å². The van der Waals surface area contributed by atoms with Gasteiger partial charge in [0.25, 0.3) is 0 Å². The first kappa shape index (κ1) is 13.9. The van der Waals surface area contributed by atoms with Crippen molar-refractivity contribution < 1.29 is 9.21 Å². The molecular weight excluding hydrogens is 284 g/mol. The average molecular weight is 299 g/mol. The fourth-order valence-electron chi connectivity index (χ4n) is 2.39. The van der Waals surface area contributed by atoms with Crippen molar-refractivity contribution in [2.75, 3.05) is 0 Å². The van der Waals surface area contributed by atoms with Gasteiger partial charge in [0.05, 0.1) is 5.02 Å². The summed E-state index contributed by atoms with van der Waals surface area (Å²) in [5.74, 6) is 0.201. The standard InChI is InChI=1S/C18H15ClO2/c1-2-4-12-7-9-13(10-8-12)17(20)16-11-14-5-3-6-15(19)18(14)21-16/h3,5-11H,2,4H2,1H3. The Morgan fingerprint density at radius 1 is 1.14 bits per heavy atom. The van der Waals surface area contributed by atoms with Gasteiger partial charge in [0.15, 0.2) is 11.3 Å². The molecule has 0 aliphatic heterocycles. The Morgan fingerprint density at radius 2 is 1.90 bits per heavy atom. The van der Waals surface area contributed by atoms with Crippen LogP contribution in [-0.4, -0.2) is 5.78 Å². The summed E-state index contributed by atoms with van der Waals surface area (Å²) in [6, 6.07) is 14.9. The topological polar surface area (TPSA) is 30.2 Å². The highest BCUT2D eigenvalue weighted by Crippen LogP contribution is 2.27. The smallest absolute Gasteiger partial charge is 0.228 e. The van der Waals surface area contributed by atoms with Crippen molar-refractivity contribution in [1.82, 2.24) is 0 Å². The van der Waals surface area contributed by atoms with Gasteiger partial charge in [0.2, 0.25) is 5.78 Å². The molecule has 3 heteroatoms. The fourth-order valence-corrected chi connectivity index (χ4v) is 2.61. The summed E-state index contributed by atoms with van der Waals surface area (Å²) in [7, 11) is 0. The Kier molecular flexibility index (Phi) is 3.80. The highest BCUT2D eigenvalue weighted by molar-refractivity contribution is 6.35. The van der Waals surface area contributed by atoms with Crippen LogP contribution in [0.2, 0.25) is 5.02 Å². The van der Waals surface area contributed by atoms with Crippen LogP contribution in [-0.2, 0) is 6.42 Å². The number of hydrogen-bond donors (Lipinski definition) is 0. The third-order valence-corrected chi connectivity index (χ3v) is 3.77. The zero-order chi connectivity index (χ0) is 14.8. The van der Waals surface area contributed by atoms with Crippen LogP contribution in [0.5, 0.6) is 0 Å². The van der Waals surface area contributed by atoms with E-state index in [1.54, 1.807) is 12.1 Å². The average Bonchev–Trinajstić information content (AvgIpc) is 2.93. The van der Waals surface area contributed by atoms with Crippen LogP contribution >= 0.6 is 11.6 Å². The van der Waals surface area contributed by atoms with Crippen LogP contribution in [0.25, 0.3) is 11.0 Å². The number of ketones is 1. The van der Waals surface area contributed by atoms with Crippen LogP contribution in [0.4, 0.5) is 0 Å². The maximum Gasteiger partial charge on any atom is 0.228 e. The van der Waals surface area contributed by atoms with Gasteiger partial charge in [0, 0.05) is 10.9 Å². The van der Waals surface area contributed by atoms with Gasteiger partial charge in [-0.25, -0.2) is 0 Å². The molecule has 0 aliphatic rings. The molecule has 0 amide bonds. The van der Waals surface area contributed by atoms with Gasteiger partial charge in [-0.05, 0) is 24.1 Å². The number of hydrogen-bond acceptors (Lipinski definition) is 2. The molecule has 106 valence electrons. The van der Waals surface area contributed by atoms with Gasteiger partial charge >= 0.3 is 0 Å². The van der Waals surface area contributed by atoms with Gasteiger partial charge in [-0.3, -0.25) is 4.79 Å². The van der Waals surface area contributed by atoms with Crippen molar-refractivity contribution >= 4 is 28.4 Å². The Balaban J connectivity index is 1.94. The van der Waals surface area contributed by atoms with Crippen molar-refractivity contribution in [2.24, 2.45) is 0 Å². The number of rotatable bonds is 4. The lowest BCUT2D eigenvalue weighted by Crippen LogP contribution is -1.99. The zero-order valence-corrected chi connectivity index (χ0v) is 12.5. The Hall–Kier alpha value is -2.06. The van der Waals surface area contributed by atoms with Crippen molar-refractivity contribution in [3.63, 3.8) is 0 Å². The molecule has 0 fully saturated rings. The Labute approximate surface area is 128 Å². The van der Waals surface area contributed by atoms with E-state index in [0.717, 1.165) is 18.2 Å². The molecule has 0 atom stereocenters. The number of benzene rings is 2. The highest BCUT2D eigenvalue weighted by atomic mass is 35.5. The summed E-state index contributed by atoms with van der Waals surface area (Å²) in [4.78, 5) is 12.5. The molecule has 2 nitrogen and oxygen atoms in total. The van der Waals surface area contributed by atoms with E-state index in [2.05, 4.69) is 6.92 Å². The Morgan fingerprint density at radius 3 is 2.57 bits per heavy atom. The summed E-state index contributed by atoms with van der Waals surface area (Å²) in [6.45, 7) is 2.14. The molecule has 0 unspecified atom stereocenters. The number of carbonyl (C=O) groups excluding carboxylic acids is 1. The largest absolute Gasteiger partial charge is 0.451 e. The third kappa shape index (κ3) is 2.72.